The van der Waals surface area contributed by atoms with Crippen molar-refractivity contribution in [1.29, 1.82) is 0 Å². The summed E-state index contributed by atoms with van der Waals surface area (Å²) in [6, 6.07) is 3.39. The van der Waals surface area contributed by atoms with Crippen molar-refractivity contribution in [2.45, 2.75) is 13.3 Å². The molecule has 3 nitrogen and oxygen atoms in total. The van der Waals surface area contributed by atoms with Crippen LogP contribution in [0.3, 0.4) is 0 Å². The van der Waals surface area contributed by atoms with Gasteiger partial charge in [0.2, 0.25) is 0 Å². The molecule has 0 fully saturated rings. The van der Waals surface area contributed by atoms with E-state index in [4.69, 9.17) is 4.74 Å². The largest absolute Gasteiger partial charge is 0.462 e. The molecule has 0 unspecified atom stereocenters. The fourth-order valence-electron chi connectivity index (χ4n) is 0.775. The van der Waals surface area contributed by atoms with Gasteiger partial charge in [-0.15, -0.1) is 0 Å². The molecule has 0 radical (unpaired) electrons. The summed E-state index contributed by atoms with van der Waals surface area (Å²) in [6.07, 6.45) is 2.32. The SMILES string of the molecule is CCCOC(=O)c1ccc(Br)nc1. The minimum absolute atomic E-state index is 0.318. The van der Waals surface area contributed by atoms with Gasteiger partial charge >= 0.3 is 5.97 Å². The van der Waals surface area contributed by atoms with Crippen LogP contribution >= 0.6 is 15.9 Å². The second-order valence-corrected chi connectivity index (χ2v) is 3.32. The van der Waals surface area contributed by atoms with Gasteiger partial charge < -0.3 is 4.74 Å². The van der Waals surface area contributed by atoms with Gasteiger partial charge in [0.05, 0.1) is 12.2 Å². The molecule has 0 atom stereocenters. The van der Waals surface area contributed by atoms with Crippen LogP contribution in [0, 0.1) is 0 Å². The molecule has 0 aromatic carbocycles. The van der Waals surface area contributed by atoms with Crippen LogP contribution in [0.2, 0.25) is 0 Å². The lowest BCUT2D eigenvalue weighted by Gasteiger charge is -2.01. The Morgan fingerprint density at radius 1 is 1.62 bits per heavy atom. The number of aromatic nitrogens is 1. The third-order valence-electron chi connectivity index (χ3n) is 1.40. The first-order chi connectivity index (χ1) is 6.24. The van der Waals surface area contributed by atoms with E-state index in [9.17, 15) is 4.79 Å². The quantitative estimate of drug-likeness (QED) is 0.605. The number of esters is 1. The van der Waals surface area contributed by atoms with Crippen LogP contribution in [-0.4, -0.2) is 17.6 Å². The monoisotopic (exact) mass is 243 g/mol. The normalized spacial score (nSPS) is 9.69. The predicted octanol–water partition coefficient (Wildman–Crippen LogP) is 2.41. The highest BCUT2D eigenvalue weighted by atomic mass is 79.9. The zero-order chi connectivity index (χ0) is 9.68. The molecule has 4 heteroatoms. The minimum atomic E-state index is -0.318. The summed E-state index contributed by atoms with van der Waals surface area (Å²) in [5.74, 6) is -0.318. The number of nitrogens with zero attached hydrogens (tertiary/aromatic N) is 1. The first-order valence-electron chi connectivity index (χ1n) is 4.02. The van der Waals surface area contributed by atoms with Gasteiger partial charge in [-0.2, -0.15) is 0 Å². The van der Waals surface area contributed by atoms with E-state index in [-0.39, 0.29) is 5.97 Å². The lowest BCUT2D eigenvalue weighted by atomic mass is 10.3. The van der Waals surface area contributed by atoms with Gasteiger partial charge in [0, 0.05) is 6.20 Å². The van der Waals surface area contributed by atoms with Gasteiger partial charge in [-0.3, -0.25) is 0 Å². The van der Waals surface area contributed by atoms with E-state index in [2.05, 4.69) is 20.9 Å². The molecule has 1 heterocycles. The van der Waals surface area contributed by atoms with Crippen LogP contribution < -0.4 is 0 Å². The summed E-state index contributed by atoms with van der Waals surface area (Å²) in [6.45, 7) is 2.40. The second-order valence-electron chi connectivity index (χ2n) is 2.51. The molecule has 0 bridgehead atoms. The molecule has 0 aliphatic carbocycles. The summed E-state index contributed by atoms with van der Waals surface area (Å²) in [4.78, 5) is 15.2. The van der Waals surface area contributed by atoms with Crippen molar-refractivity contribution in [3.63, 3.8) is 0 Å². The standard InChI is InChI=1S/C9H10BrNO2/c1-2-5-13-9(12)7-3-4-8(10)11-6-7/h3-4,6H,2,5H2,1H3. The molecule has 13 heavy (non-hydrogen) atoms. The van der Waals surface area contributed by atoms with Crippen molar-refractivity contribution in [3.05, 3.63) is 28.5 Å². The fraction of sp³-hybridized carbons (Fsp3) is 0.333. The van der Waals surface area contributed by atoms with E-state index in [1.165, 1.54) is 6.20 Å². The zero-order valence-corrected chi connectivity index (χ0v) is 8.87. The van der Waals surface area contributed by atoms with E-state index in [1.54, 1.807) is 12.1 Å². The predicted molar refractivity (Wildman–Crippen MR) is 52.5 cm³/mol. The summed E-state index contributed by atoms with van der Waals surface area (Å²) in [7, 11) is 0. The van der Waals surface area contributed by atoms with Crippen LogP contribution in [0.4, 0.5) is 0 Å². The second kappa shape index (κ2) is 4.97. The number of carbonyl (C=O) groups excluding carboxylic acids is 1. The maximum atomic E-state index is 11.2. The maximum absolute atomic E-state index is 11.2. The summed E-state index contributed by atoms with van der Waals surface area (Å²) >= 11 is 3.18. The van der Waals surface area contributed by atoms with Crippen LogP contribution in [0.5, 0.6) is 0 Å². The molecule has 0 saturated carbocycles. The highest BCUT2D eigenvalue weighted by molar-refractivity contribution is 9.10. The molecular weight excluding hydrogens is 234 g/mol. The lowest BCUT2D eigenvalue weighted by molar-refractivity contribution is 0.0504. The molecular formula is C9H10BrNO2. The Balaban J connectivity index is 2.61. The van der Waals surface area contributed by atoms with Crippen molar-refractivity contribution in [3.8, 4) is 0 Å². The zero-order valence-electron chi connectivity index (χ0n) is 7.29. The molecule has 0 aliphatic rings. The van der Waals surface area contributed by atoms with Crippen molar-refractivity contribution in [2.75, 3.05) is 6.61 Å². The molecule has 0 aliphatic heterocycles. The average Bonchev–Trinajstić information content (AvgIpc) is 2.15. The van der Waals surface area contributed by atoms with Gasteiger partial charge in [-0.1, -0.05) is 6.92 Å². The molecule has 0 spiro atoms. The average molecular weight is 244 g/mol. The summed E-state index contributed by atoms with van der Waals surface area (Å²) < 4.78 is 5.63. The molecule has 1 rings (SSSR count). The lowest BCUT2D eigenvalue weighted by Crippen LogP contribution is -2.05. The fourth-order valence-corrected chi connectivity index (χ4v) is 1.01. The summed E-state index contributed by atoms with van der Waals surface area (Å²) in [5, 5.41) is 0. The van der Waals surface area contributed by atoms with Crippen LogP contribution in [0.25, 0.3) is 0 Å². The number of ether oxygens (including phenoxy) is 1. The third-order valence-corrected chi connectivity index (χ3v) is 1.87. The van der Waals surface area contributed by atoms with Crippen molar-refractivity contribution in [1.82, 2.24) is 4.98 Å². The Bertz CT molecular complexity index is 284. The Morgan fingerprint density at radius 3 is 2.92 bits per heavy atom. The van der Waals surface area contributed by atoms with Gasteiger partial charge in [0.25, 0.3) is 0 Å². The Kier molecular flexibility index (Phi) is 3.89. The van der Waals surface area contributed by atoms with Crippen molar-refractivity contribution >= 4 is 21.9 Å². The third kappa shape index (κ3) is 3.14. The van der Waals surface area contributed by atoms with Gasteiger partial charge in [0.15, 0.2) is 0 Å². The number of hydrogen-bond acceptors (Lipinski definition) is 3. The molecule has 0 N–H and O–H groups in total. The number of hydrogen-bond donors (Lipinski definition) is 0. The molecule has 0 amide bonds. The van der Waals surface area contributed by atoms with E-state index >= 15 is 0 Å². The van der Waals surface area contributed by atoms with Crippen molar-refractivity contribution < 1.29 is 9.53 Å². The number of halogens is 1. The van der Waals surface area contributed by atoms with Crippen molar-refractivity contribution in [2.24, 2.45) is 0 Å². The van der Waals surface area contributed by atoms with E-state index in [0.29, 0.717) is 16.8 Å². The summed E-state index contributed by atoms with van der Waals surface area (Å²) in [5.41, 5.74) is 0.483. The molecule has 0 saturated heterocycles. The van der Waals surface area contributed by atoms with E-state index < -0.39 is 0 Å². The highest BCUT2D eigenvalue weighted by Gasteiger charge is 2.05. The van der Waals surface area contributed by atoms with Gasteiger partial charge in [-0.05, 0) is 34.5 Å². The first-order valence-corrected chi connectivity index (χ1v) is 4.82. The smallest absolute Gasteiger partial charge is 0.339 e. The first kappa shape index (κ1) is 10.2. The number of pyridine rings is 1. The van der Waals surface area contributed by atoms with Crippen LogP contribution in [0.1, 0.15) is 23.7 Å². The molecule has 70 valence electrons. The minimum Gasteiger partial charge on any atom is -0.462 e. The molecule has 1 aromatic heterocycles. The van der Waals surface area contributed by atoms with Crippen LogP contribution in [0.15, 0.2) is 22.9 Å². The Morgan fingerprint density at radius 2 is 2.38 bits per heavy atom. The van der Waals surface area contributed by atoms with Gasteiger partial charge in [-0.25, -0.2) is 9.78 Å². The van der Waals surface area contributed by atoms with E-state index in [0.717, 1.165) is 6.42 Å². The Labute approximate surface area is 85.3 Å². The van der Waals surface area contributed by atoms with Crippen LogP contribution in [-0.2, 0) is 4.74 Å². The number of rotatable bonds is 3. The van der Waals surface area contributed by atoms with E-state index in [1.807, 2.05) is 6.92 Å². The highest BCUT2D eigenvalue weighted by Crippen LogP contribution is 2.07. The number of carbonyl (C=O) groups is 1. The van der Waals surface area contributed by atoms with Gasteiger partial charge in [0.1, 0.15) is 4.60 Å². The maximum Gasteiger partial charge on any atom is 0.339 e. The Hall–Kier alpha value is -0.900. The molecule has 1 aromatic rings. The topological polar surface area (TPSA) is 39.2 Å².